The van der Waals surface area contributed by atoms with E-state index in [0.29, 0.717) is 11.3 Å². The maximum absolute atomic E-state index is 12.5. The van der Waals surface area contributed by atoms with E-state index >= 15 is 0 Å². The summed E-state index contributed by atoms with van der Waals surface area (Å²) in [4.78, 5) is 24.3. The van der Waals surface area contributed by atoms with Crippen molar-refractivity contribution < 1.29 is 13.9 Å². The molecule has 1 N–H and O–H groups in total. The summed E-state index contributed by atoms with van der Waals surface area (Å²) in [5.41, 5.74) is 4.15. The van der Waals surface area contributed by atoms with E-state index in [1.165, 1.54) is 6.07 Å². The minimum Gasteiger partial charge on any atom is -0.484 e. The first-order valence-electron chi connectivity index (χ1n) is 10.2. The van der Waals surface area contributed by atoms with Gasteiger partial charge in [-0.2, -0.15) is 0 Å². The predicted octanol–water partition coefficient (Wildman–Crippen LogP) is 4.89. The van der Waals surface area contributed by atoms with E-state index in [1.54, 1.807) is 12.1 Å². The Balaban J connectivity index is 1.74. The van der Waals surface area contributed by atoms with Gasteiger partial charge in [-0.05, 0) is 48.1 Å². The van der Waals surface area contributed by atoms with Gasteiger partial charge in [-0.25, -0.2) is 4.79 Å². The Hall–Kier alpha value is -3.08. The lowest BCUT2D eigenvalue weighted by molar-refractivity contribution is -0.118. The molecule has 0 unspecified atom stereocenters. The zero-order valence-electron chi connectivity index (χ0n) is 17.2. The van der Waals surface area contributed by atoms with E-state index < -0.39 is 0 Å². The predicted molar refractivity (Wildman–Crippen MR) is 116 cm³/mol. The van der Waals surface area contributed by atoms with E-state index in [4.69, 9.17) is 9.15 Å². The highest BCUT2D eigenvalue weighted by Gasteiger charge is 2.12. The molecular formula is C24H27NO4. The van der Waals surface area contributed by atoms with Crippen LogP contribution in [0.5, 0.6) is 5.75 Å². The summed E-state index contributed by atoms with van der Waals surface area (Å²) >= 11 is 0. The first-order valence-corrected chi connectivity index (χ1v) is 10.2. The van der Waals surface area contributed by atoms with Crippen LogP contribution in [0.15, 0.2) is 51.7 Å². The molecule has 152 valence electrons. The molecule has 1 aromatic heterocycles. The Bertz CT molecular complexity index is 1050. The van der Waals surface area contributed by atoms with Gasteiger partial charge in [0.1, 0.15) is 11.3 Å². The van der Waals surface area contributed by atoms with Crippen LogP contribution in [0.3, 0.4) is 0 Å². The monoisotopic (exact) mass is 393 g/mol. The number of carbonyl (C=O) groups is 1. The van der Waals surface area contributed by atoms with Gasteiger partial charge in [0.15, 0.2) is 6.61 Å². The fourth-order valence-corrected chi connectivity index (χ4v) is 3.50. The number of fused-ring (bicyclic) bond motifs is 1. The molecule has 0 radical (unpaired) electrons. The second-order valence-corrected chi connectivity index (χ2v) is 6.99. The summed E-state index contributed by atoms with van der Waals surface area (Å²) in [6.07, 6.45) is 3.43. The molecule has 1 amide bonds. The smallest absolute Gasteiger partial charge is 0.336 e. The third kappa shape index (κ3) is 4.86. The Kier molecular flexibility index (Phi) is 6.70. The molecule has 0 saturated heterocycles. The van der Waals surface area contributed by atoms with Crippen molar-refractivity contribution in [1.29, 1.82) is 0 Å². The average Bonchev–Trinajstić information content (AvgIpc) is 2.72. The first kappa shape index (κ1) is 20.6. The molecule has 0 spiro atoms. The lowest BCUT2D eigenvalue weighted by atomic mass is 10.0. The molecule has 0 aliphatic rings. The third-order valence-electron chi connectivity index (χ3n) is 4.95. The number of nitrogens with one attached hydrogen (secondary N) is 1. The Morgan fingerprint density at radius 3 is 2.38 bits per heavy atom. The van der Waals surface area contributed by atoms with Crippen LogP contribution in [-0.2, 0) is 24.1 Å². The summed E-state index contributed by atoms with van der Waals surface area (Å²) in [6, 6.07) is 12.9. The summed E-state index contributed by atoms with van der Waals surface area (Å²) in [5.74, 6) is 0.269. The van der Waals surface area contributed by atoms with Crippen LogP contribution in [0.4, 0.5) is 5.69 Å². The molecule has 0 aliphatic heterocycles. The van der Waals surface area contributed by atoms with Crippen LogP contribution in [0.1, 0.15) is 43.9 Å². The number of amides is 1. The van der Waals surface area contributed by atoms with Crippen molar-refractivity contribution in [3.8, 4) is 5.75 Å². The highest BCUT2D eigenvalue weighted by Crippen LogP contribution is 2.25. The number of aryl methyl sites for hydroxylation is 3. The molecule has 0 aliphatic carbocycles. The number of hydrogen-bond donors (Lipinski definition) is 1. The van der Waals surface area contributed by atoms with Crippen LogP contribution in [-0.4, -0.2) is 12.5 Å². The highest BCUT2D eigenvalue weighted by molar-refractivity contribution is 5.93. The molecule has 0 bridgehead atoms. The van der Waals surface area contributed by atoms with Crippen LogP contribution in [0, 0.1) is 0 Å². The lowest BCUT2D eigenvalue weighted by Crippen LogP contribution is -2.21. The van der Waals surface area contributed by atoms with Crippen molar-refractivity contribution in [3.63, 3.8) is 0 Å². The molecular weight excluding hydrogens is 366 g/mol. The van der Waals surface area contributed by atoms with E-state index in [0.717, 1.165) is 53.4 Å². The van der Waals surface area contributed by atoms with E-state index in [1.807, 2.05) is 24.3 Å². The standard InChI is InChI=1S/C24H27NO4/c1-4-8-18-13-23(27)29-21-14-19(11-12-20(18)21)28-15-22(26)25-24-16(5-2)9-7-10-17(24)6-3/h7,9-14H,4-6,8,15H2,1-3H3,(H,25,26). The molecule has 0 fully saturated rings. The number of para-hydroxylation sites is 1. The van der Waals surface area contributed by atoms with Crippen molar-refractivity contribution in [2.45, 2.75) is 46.5 Å². The summed E-state index contributed by atoms with van der Waals surface area (Å²) in [5, 5.41) is 3.88. The molecule has 5 heteroatoms. The summed E-state index contributed by atoms with van der Waals surface area (Å²) < 4.78 is 11.0. The number of hydrogen-bond acceptors (Lipinski definition) is 4. The SMILES string of the molecule is CCCc1cc(=O)oc2cc(OCC(=O)Nc3c(CC)cccc3CC)ccc12. The zero-order chi connectivity index (χ0) is 20.8. The maximum Gasteiger partial charge on any atom is 0.336 e. The molecule has 3 aromatic rings. The van der Waals surface area contributed by atoms with Gasteiger partial charge in [0.2, 0.25) is 0 Å². The third-order valence-corrected chi connectivity index (χ3v) is 4.95. The van der Waals surface area contributed by atoms with Gasteiger partial charge in [0.05, 0.1) is 0 Å². The largest absolute Gasteiger partial charge is 0.484 e. The van der Waals surface area contributed by atoms with Crippen molar-refractivity contribution in [2.24, 2.45) is 0 Å². The van der Waals surface area contributed by atoms with Gasteiger partial charge in [-0.15, -0.1) is 0 Å². The van der Waals surface area contributed by atoms with Crippen molar-refractivity contribution in [1.82, 2.24) is 0 Å². The van der Waals surface area contributed by atoms with Gasteiger partial charge in [0, 0.05) is 23.2 Å². The van der Waals surface area contributed by atoms with Crippen molar-refractivity contribution >= 4 is 22.6 Å². The first-order chi connectivity index (χ1) is 14.0. The summed E-state index contributed by atoms with van der Waals surface area (Å²) in [6.45, 7) is 6.08. The summed E-state index contributed by atoms with van der Waals surface area (Å²) in [7, 11) is 0. The quantitative estimate of drug-likeness (QED) is 0.554. The van der Waals surface area contributed by atoms with Gasteiger partial charge in [-0.1, -0.05) is 45.4 Å². The number of rotatable bonds is 8. The number of anilines is 1. The maximum atomic E-state index is 12.5. The zero-order valence-corrected chi connectivity index (χ0v) is 17.2. The van der Waals surface area contributed by atoms with Crippen LogP contribution >= 0.6 is 0 Å². The second kappa shape index (κ2) is 9.41. The van der Waals surface area contributed by atoms with Gasteiger partial charge in [0.25, 0.3) is 5.91 Å². The van der Waals surface area contributed by atoms with Crippen LogP contribution in [0.2, 0.25) is 0 Å². The van der Waals surface area contributed by atoms with E-state index in [-0.39, 0.29) is 18.1 Å². The van der Waals surface area contributed by atoms with Gasteiger partial charge < -0.3 is 14.5 Å². The molecule has 1 heterocycles. The lowest BCUT2D eigenvalue weighted by Gasteiger charge is -2.15. The molecule has 0 atom stereocenters. The Morgan fingerprint density at radius 2 is 1.72 bits per heavy atom. The van der Waals surface area contributed by atoms with Gasteiger partial charge in [-0.3, -0.25) is 4.79 Å². The molecule has 29 heavy (non-hydrogen) atoms. The number of ether oxygens (including phenoxy) is 1. The fourth-order valence-electron chi connectivity index (χ4n) is 3.50. The highest BCUT2D eigenvalue weighted by atomic mass is 16.5. The Morgan fingerprint density at radius 1 is 1.00 bits per heavy atom. The Labute approximate surface area is 170 Å². The van der Waals surface area contributed by atoms with Crippen molar-refractivity contribution in [2.75, 3.05) is 11.9 Å². The normalized spacial score (nSPS) is 10.9. The topological polar surface area (TPSA) is 68.5 Å². The van der Waals surface area contributed by atoms with Crippen molar-refractivity contribution in [3.05, 3.63) is 69.6 Å². The fraction of sp³-hybridized carbons (Fsp3) is 0.333. The number of carbonyl (C=O) groups excluding carboxylic acids is 1. The van der Waals surface area contributed by atoms with E-state index in [2.05, 4.69) is 26.1 Å². The minimum absolute atomic E-state index is 0.119. The average molecular weight is 393 g/mol. The molecule has 3 rings (SSSR count). The number of benzene rings is 2. The van der Waals surface area contributed by atoms with Crippen LogP contribution in [0.25, 0.3) is 11.0 Å². The molecule has 2 aromatic carbocycles. The molecule has 0 saturated carbocycles. The van der Waals surface area contributed by atoms with Gasteiger partial charge >= 0.3 is 5.63 Å². The van der Waals surface area contributed by atoms with E-state index in [9.17, 15) is 9.59 Å². The van der Waals surface area contributed by atoms with Crippen LogP contribution < -0.4 is 15.7 Å². The molecule has 5 nitrogen and oxygen atoms in total. The second-order valence-electron chi connectivity index (χ2n) is 6.99. The minimum atomic E-state index is -0.376.